The first kappa shape index (κ1) is 13.4. The number of hydrogen-bond donors (Lipinski definition) is 1. The number of hydrogen-bond acceptors (Lipinski definition) is 3. The molecular weight excluding hydrogens is 226 g/mol. The molecule has 1 aromatic rings. The molecule has 100 valence electrons. The minimum atomic E-state index is 0.371. The molecule has 1 aromatic carbocycles. The van der Waals surface area contributed by atoms with E-state index in [0.717, 1.165) is 31.7 Å². The molecule has 0 amide bonds. The molecule has 1 heterocycles. The van der Waals surface area contributed by atoms with E-state index in [9.17, 15) is 0 Å². The van der Waals surface area contributed by atoms with Gasteiger partial charge in [-0.05, 0) is 38.3 Å². The first-order chi connectivity index (χ1) is 8.69. The Bertz CT molecular complexity index is 392. The number of rotatable bonds is 4. The largest absolute Gasteiger partial charge is 0.496 e. The number of methoxy groups -OCH3 is 1. The molecule has 1 fully saturated rings. The van der Waals surface area contributed by atoms with Crippen LogP contribution < -0.4 is 10.1 Å². The number of ether oxygens (including phenoxy) is 2. The van der Waals surface area contributed by atoms with Crippen molar-refractivity contribution in [3.63, 3.8) is 0 Å². The van der Waals surface area contributed by atoms with Crippen LogP contribution in [0.5, 0.6) is 5.75 Å². The smallest absolute Gasteiger partial charge is 0.123 e. The fraction of sp³-hybridized carbons (Fsp3) is 0.600. The van der Waals surface area contributed by atoms with Crippen LogP contribution in [0.1, 0.15) is 30.9 Å². The molecule has 0 bridgehead atoms. The van der Waals surface area contributed by atoms with E-state index in [0.29, 0.717) is 12.1 Å². The normalized spacial score (nSPS) is 23.9. The van der Waals surface area contributed by atoms with E-state index in [1.54, 1.807) is 7.11 Å². The molecule has 0 radical (unpaired) electrons. The van der Waals surface area contributed by atoms with Gasteiger partial charge in [0.25, 0.3) is 0 Å². The Morgan fingerprint density at radius 2 is 2.28 bits per heavy atom. The second-order valence-corrected chi connectivity index (χ2v) is 5.10. The maximum atomic E-state index is 5.56. The Kier molecular flexibility index (Phi) is 4.61. The average Bonchev–Trinajstić information content (AvgIpc) is 2.37. The number of aryl methyl sites for hydroxylation is 1. The first-order valence-electron chi connectivity index (χ1n) is 6.67. The van der Waals surface area contributed by atoms with Crippen molar-refractivity contribution < 1.29 is 9.47 Å². The predicted molar refractivity (Wildman–Crippen MR) is 73.0 cm³/mol. The highest BCUT2D eigenvalue weighted by Crippen LogP contribution is 2.21. The van der Waals surface area contributed by atoms with Crippen LogP contribution in [0.3, 0.4) is 0 Å². The van der Waals surface area contributed by atoms with Crippen molar-refractivity contribution in [1.82, 2.24) is 5.32 Å². The maximum absolute atomic E-state index is 5.56. The van der Waals surface area contributed by atoms with Crippen molar-refractivity contribution in [2.45, 2.75) is 45.4 Å². The van der Waals surface area contributed by atoms with Crippen LogP contribution in [-0.4, -0.2) is 25.9 Å². The Morgan fingerprint density at radius 1 is 1.44 bits per heavy atom. The van der Waals surface area contributed by atoms with Gasteiger partial charge in [-0.2, -0.15) is 0 Å². The molecule has 2 rings (SSSR count). The van der Waals surface area contributed by atoms with Gasteiger partial charge in [-0.25, -0.2) is 0 Å². The summed E-state index contributed by atoms with van der Waals surface area (Å²) in [4.78, 5) is 0. The van der Waals surface area contributed by atoms with Crippen LogP contribution in [-0.2, 0) is 11.3 Å². The molecular formula is C15H23NO2. The maximum Gasteiger partial charge on any atom is 0.123 e. The summed E-state index contributed by atoms with van der Waals surface area (Å²) in [6.45, 7) is 5.95. The second-order valence-electron chi connectivity index (χ2n) is 5.10. The van der Waals surface area contributed by atoms with Crippen molar-refractivity contribution in [2.24, 2.45) is 0 Å². The summed E-state index contributed by atoms with van der Waals surface area (Å²) in [5.74, 6) is 0.975. The summed E-state index contributed by atoms with van der Waals surface area (Å²) in [5.41, 5.74) is 2.46. The van der Waals surface area contributed by atoms with E-state index < -0.39 is 0 Å². The van der Waals surface area contributed by atoms with Gasteiger partial charge in [0, 0.05) is 24.8 Å². The van der Waals surface area contributed by atoms with Crippen LogP contribution in [0.4, 0.5) is 0 Å². The minimum Gasteiger partial charge on any atom is -0.496 e. The van der Waals surface area contributed by atoms with Gasteiger partial charge in [-0.15, -0.1) is 0 Å². The lowest BCUT2D eigenvalue weighted by molar-refractivity contribution is 0.0130. The van der Waals surface area contributed by atoms with E-state index in [-0.39, 0.29) is 0 Å². The zero-order valence-electron chi connectivity index (χ0n) is 11.5. The summed E-state index contributed by atoms with van der Waals surface area (Å²) < 4.78 is 11.0. The van der Waals surface area contributed by atoms with Crippen molar-refractivity contribution in [3.05, 3.63) is 29.3 Å². The third-order valence-electron chi connectivity index (χ3n) is 3.51. The summed E-state index contributed by atoms with van der Waals surface area (Å²) in [7, 11) is 1.73. The quantitative estimate of drug-likeness (QED) is 0.890. The Hall–Kier alpha value is -1.06. The molecule has 0 spiro atoms. The van der Waals surface area contributed by atoms with Gasteiger partial charge in [-0.3, -0.25) is 0 Å². The van der Waals surface area contributed by atoms with E-state index in [2.05, 4.69) is 37.4 Å². The van der Waals surface area contributed by atoms with Crippen LogP contribution in [0, 0.1) is 6.92 Å². The first-order valence-corrected chi connectivity index (χ1v) is 6.67. The van der Waals surface area contributed by atoms with Crippen LogP contribution >= 0.6 is 0 Å². The number of nitrogens with one attached hydrogen (secondary N) is 1. The average molecular weight is 249 g/mol. The molecule has 0 saturated carbocycles. The van der Waals surface area contributed by atoms with Gasteiger partial charge in [0.05, 0.1) is 13.2 Å². The summed E-state index contributed by atoms with van der Waals surface area (Å²) in [5, 5.41) is 3.60. The van der Waals surface area contributed by atoms with Gasteiger partial charge < -0.3 is 14.8 Å². The Morgan fingerprint density at radius 3 is 3.00 bits per heavy atom. The second kappa shape index (κ2) is 6.21. The Balaban J connectivity index is 1.93. The molecule has 1 saturated heterocycles. The highest BCUT2D eigenvalue weighted by Gasteiger charge is 2.18. The third kappa shape index (κ3) is 3.47. The van der Waals surface area contributed by atoms with Gasteiger partial charge in [0.1, 0.15) is 5.75 Å². The fourth-order valence-corrected chi connectivity index (χ4v) is 2.44. The SMILES string of the molecule is COc1cc(C)ccc1CNC1CCO[C@H](C)C1. The molecule has 1 unspecified atom stereocenters. The number of benzene rings is 1. The molecule has 1 N–H and O–H groups in total. The van der Waals surface area contributed by atoms with E-state index in [1.807, 2.05) is 0 Å². The summed E-state index contributed by atoms with van der Waals surface area (Å²) >= 11 is 0. The zero-order valence-corrected chi connectivity index (χ0v) is 11.5. The van der Waals surface area contributed by atoms with Crippen molar-refractivity contribution in [1.29, 1.82) is 0 Å². The lowest BCUT2D eigenvalue weighted by Crippen LogP contribution is -2.37. The topological polar surface area (TPSA) is 30.5 Å². The summed E-state index contributed by atoms with van der Waals surface area (Å²) in [6, 6.07) is 6.92. The van der Waals surface area contributed by atoms with Gasteiger partial charge >= 0.3 is 0 Å². The predicted octanol–water partition coefficient (Wildman–Crippen LogP) is 2.66. The lowest BCUT2D eigenvalue weighted by Gasteiger charge is -2.28. The van der Waals surface area contributed by atoms with Crippen LogP contribution in [0.25, 0.3) is 0 Å². The Labute approximate surface area is 109 Å². The van der Waals surface area contributed by atoms with Crippen molar-refractivity contribution in [2.75, 3.05) is 13.7 Å². The molecule has 2 atom stereocenters. The monoisotopic (exact) mass is 249 g/mol. The standard InChI is InChI=1S/C15H23NO2/c1-11-4-5-13(15(8-11)17-3)10-16-14-6-7-18-12(2)9-14/h4-5,8,12,14,16H,6-7,9-10H2,1-3H3/t12-,14?/m1/s1. The fourth-order valence-electron chi connectivity index (χ4n) is 2.44. The lowest BCUT2D eigenvalue weighted by atomic mass is 10.0. The molecule has 3 heteroatoms. The van der Waals surface area contributed by atoms with E-state index in [1.165, 1.54) is 11.1 Å². The molecule has 1 aliphatic heterocycles. The zero-order chi connectivity index (χ0) is 13.0. The van der Waals surface area contributed by atoms with E-state index in [4.69, 9.17) is 9.47 Å². The van der Waals surface area contributed by atoms with Crippen molar-refractivity contribution >= 4 is 0 Å². The van der Waals surface area contributed by atoms with E-state index >= 15 is 0 Å². The minimum absolute atomic E-state index is 0.371. The molecule has 3 nitrogen and oxygen atoms in total. The molecule has 0 aliphatic carbocycles. The van der Waals surface area contributed by atoms with Crippen LogP contribution in [0.2, 0.25) is 0 Å². The molecule has 18 heavy (non-hydrogen) atoms. The highest BCUT2D eigenvalue weighted by molar-refractivity contribution is 5.37. The van der Waals surface area contributed by atoms with Crippen LogP contribution in [0.15, 0.2) is 18.2 Å². The molecule has 1 aliphatic rings. The highest BCUT2D eigenvalue weighted by atomic mass is 16.5. The summed E-state index contributed by atoms with van der Waals surface area (Å²) in [6.07, 6.45) is 2.56. The van der Waals surface area contributed by atoms with Gasteiger partial charge in [0.15, 0.2) is 0 Å². The van der Waals surface area contributed by atoms with Gasteiger partial charge in [0.2, 0.25) is 0 Å². The molecule has 0 aromatic heterocycles. The van der Waals surface area contributed by atoms with Crippen molar-refractivity contribution in [3.8, 4) is 5.75 Å². The van der Waals surface area contributed by atoms with Gasteiger partial charge in [-0.1, -0.05) is 12.1 Å². The third-order valence-corrected chi connectivity index (χ3v) is 3.51.